The summed E-state index contributed by atoms with van der Waals surface area (Å²) in [5.74, 6) is -1.66. The summed E-state index contributed by atoms with van der Waals surface area (Å²) >= 11 is 1.35. The van der Waals surface area contributed by atoms with E-state index in [2.05, 4.69) is 5.32 Å². The molecule has 3 rings (SSSR count). The van der Waals surface area contributed by atoms with Crippen LogP contribution in [0.5, 0.6) is 5.75 Å². The van der Waals surface area contributed by atoms with E-state index in [-0.39, 0.29) is 12.3 Å². The van der Waals surface area contributed by atoms with Crippen LogP contribution >= 0.6 is 11.8 Å². The number of methoxy groups -OCH3 is 2. The van der Waals surface area contributed by atoms with E-state index < -0.39 is 39.7 Å². The Hall–Kier alpha value is -2.72. The smallest absolute Gasteiger partial charge is 0.332 e. The predicted octanol–water partition coefficient (Wildman–Crippen LogP) is 1.20. The number of ether oxygens (including phenoxy) is 3. The molecule has 2 aliphatic heterocycles. The number of thioether (sulfide) groups is 1. The number of carboxylic acids is 1. The quantitative estimate of drug-likeness (QED) is 0.370. The van der Waals surface area contributed by atoms with Gasteiger partial charge in [-0.15, -0.1) is 11.8 Å². The monoisotopic (exact) mass is 436 g/mol. The molecule has 1 aromatic carbocycles. The highest BCUT2D eigenvalue weighted by atomic mass is 32.2. The lowest BCUT2D eigenvalue weighted by molar-refractivity contribution is -0.163. The van der Waals surface area contributed by atoms with Crippen LogP contribution in [-0.4, -0.2) is 70.6 Å². The van der Waals surface area contributed by atoms with Crippen LogP contribution in [0.3, 0.4) is 0 Å². The average molecular weight is 436 g/mol. The SMILES string of the molecule is COC(=O)C=C1N2[C@@H](C(=O)O)C(C)(C)S[C@@H]2[C@@]1(NC(=O)COc1ccccc1)OC. The normalized spacial score (nSPS) is 27.7. The minimum absolute atomic E-state index is 0.223. The molecule has 0 aromatic heterocycles. The Morgan fingerprint density at radius 3 is 2.47 bits per heavy atom. The number of hydrogen-bond acceptors (Lipinski definition) is 8. The maximum absolute atomic E-state index is 12.6. The summed E-state index contributed by atoms with van der Waals surface area (Å²) in [7, 11) is 2.61. The predicted molar refractivity (Wildman–Crippen MR) is 109 cm³/mol. The number of aliphatic carboxylic acids is 1. The Morgan fingerprint density at radius 1 is 1.23 bits per heavy atom. The molecule has 2 heterocycles. The maximum Gasteiger partial charge on any atom is 0.332 e. The standard InChI is InChI=1S/C20H24N2O7S/c1-19(2)16(17(25)26)22-13(10-15(24)27-3)20(28-4,18(22)30-19)21-14(23)11-29-12-8-6-5-7-9-12/h5-10,16,18H,11H2,1-4H3,(H,21,23)(H,25,26)/t16-,18+,20-/m0/s1. The molecular formula is C20H24N2O7S. The second-order valence-electron chi connectivity index (χ2n) is 7.36. The van der Waals surface area contributed by atoms with Crippen molar-refractivity contribution in [2.45, 2.75) is 35.7 Å². The first-order valence-corrected chi connectivity index (χ1v) is 10.1. The third-order valence-corrected chi connectivity index (χ3v) is 6.67. The van der Waals surface area contributed by atoms with Crippen molar-refractivity contribution in [1.29, 1.82) is 0 Å². The number of fused-ring (bicyclic) bond motifs is 1. The average Bonchev–Trinajstić information content (AvgIpc) is 2.98. The molecule has 2 saturated heterocycles. The van der Waals surface area contributed by atoms with E-state index in [1.54, 1.807) is 43.0 Å². The molecule has 1 aromatic rings. The van der Waals surface area contributed by atoms with Crippen molar-refractivity contribution < 1.29 is 33.7 Å². The fourth-order valence-electron chi connectivity index (χ4n) is 3.74. The van der Waals surface area contributed by atoms with Gasteiger partial charge in [-0.2, -0.15) is 0 Å². The second kappa shape index (κ2) is 8.19. The van der Waals surface area contributed by atoms with Gasteiger partial charge in [-0.3, -0.25) is 4.79 Å². The molecule has 3 atom stereocenters. The zero-order chi connectivity index (χ0) is 22.1. The summed E-state index contributed by atoms with van der Waals surface area (Å²) < 4.78 is 15.2. The van der Waals surface area contributed by atoms with Crippen LogP contribution in [0.1, 0.15) is 13.8 Å². The van der Waals surface area contributed by atoms with Crippen LogP contribution in [0.4, 0.5) is 0 Å². The van der Waals surface area contributed by atoms with Gasteiger partial charge >= 0.3 is 11.9 Å². The topological polar surface area (TPSA) is 114 Å². The van der Waals surface area contributed by atoms with E-state index in [1.807, 2.05) is 6.07 Å². The number of amides is 1. The van der Waals surface area contributed by atoms with Gasteiger partial charge in [-0.1, -0.05) is 18.2 Å². The number of rotatable bonds is 7. The maximum atomic E-state index is 12.6. The van der Waals surface area contributed by atoms with Crippen LogP contribution in [-0.2, 0) is 23.9 Å². The Labute approximate surface area is 178 Å². The number of esters is 1. The van der Waals surface area contributed by atoms with Gasteiger partial charge < -0.3 is 29.5 Å². The summed E-state index contributed by atoms with van der Waals surface area (Å²) in [5.41, 5.74) is -1.17. The third kappa shape index (κ3) is 3.72. The molecule has 2 N–H and O–H groups in total. The molecule has 2 aliphatic rings. The fraction of sp³-hybridized carbons (Fsp3) is 0.450. The van der Waals surface area contributed by atoms with E-state index >= 15 is 0 Å². The second-order valence-corrected chi connectivity index (χ2v) is 9.10. The molecule has 0 bridgehead atoms. The van der Waals surface area contributed by atoms with E-state index in [4.69, 9.17) is 14.2 Å². The summed E-state index contributed by atoms with van der Waals surface area (Å²) in [6, 6.07) is 7.93. The van der Waals surface area contributed by atoms with Crippen molar-refractivity contribution in [2.75, 3.05) is 20.8 Å². The van der Waals surface area contributed by atoms with Crippen molar-refractivity contribution in [3.63, 3.8) is 0 Å². The molecule has 30 heavy (non-hydrogen) atoms. The van der Waals surface area contributed by atoms with E-state index in [9.17, 15) is 19.5 Å². The third-order valence-electron chi connectivity index (χ3n) is 5.06. The summed E-state index contributed by atoms with van der Waals surface area (Å²) in [4.78, 5) is 38.1. The number of carbonyl (C=O) groups excluding carboxylic acids is 2. The van der Waals surface area contributed by atoms with E-state index in [1.165, 1.54) is 26.0 Å². The molecule has 1 amide bonds. The van der Waals surface area contributed by atoms with Gasteiger partial charge in [0.15, 0.2) is 6.61 Å². The lowest BCUT2D eigenvalue weighted by Gasteiger charge is -2.56. The molecule has 162 valence electrons. The Morgan fingerprint density at radius 2 is 1.90 bits per heavy atom. The van der Waals surface area contributed by atoms with Crippen molar-refractivity contribution in [3.05, 3.63) is 42.1 Å². The number of nitrogens with one attached hydrogen (secondary N) is 1. The molecule has 0 spiro atoms. The largest absolute Gasteiger partial charge is 0.484 e. The first-order chi connectivity index (χ1) is 14.2. The van der Waals surface area contributed by atoms with Crippen molar-refractivity contribution in [1.82, 2.24) is 10.2 Å². The van der Waals surface area contributed by atoms with Crippen LogP contribution in [0.2, 0.25) is 0 Å². The highest BCUT2D eigenvalue weighted by molar-refractivity contribution is 8.01. The van der Waals surface area contributed by atoms with Gasteiger partial charge in [-0.25, -0.2) is 9.59 Å². The molecule has 10 heteroatoms. The molecular weight excluding hydrogens is 412 g/mol. The van der Waals surface area contributed by atoms with Gasteiger partial charge in [0, 0.05) is 17.9 Å². The number of nitrogens with zero attached hydrogens (tertiary/aromatic N) is 1. The van der Waals surface area contributed by atoms with Gasteiger partial charge in [0.2, 0.25) is 5.72 Å². The summed E-state index contributed by atoms with van der Waals surface area (Å²) in [6.45, 7) is 3.32. The Balaban J connectivity index is 1.87. The lowest BCUT2D eigenvalue weighted by Crippen LogP contribution is -2.75. The van der Waals surface area contributed by atoms with E-state index in [0.29, 0.717) is 5.75 Å². The van der Waals surface area contributed by atoms with Crippen LogP contribution < -0.4 is 10.1 Å². The molecule has 0 saturated carbocycles. The van der Waals surface area contributed by atoms with Crippen molar-refractivity contribution in [3.8, 4) is 5.75 Å². The number of benzene rings is 1. The molecule has 9 nitrogen and oxygen atoms in total. The summed E-state index contributed by atoms with van der Waals surface area (Å²) in [6.07, 6.45) is 1.15. The van der Waals surface area contributed by atoms with Crippen LogP contribution in [0, 0.1) is 0 Å². The summed E-state index contributed by atoms with van der Waals surface area (Å²) in [5, 5.41) is 12.0. The Bertz CT molecular complexity index is 873. The lowest BCUT2D eigenvalue weighted by atomic mass is 9.90. The number of hydrogen-bond donors (Lipinski definition) is 2. The van der Waals surface area contributed by atoms with E-state index in [0.717, 1.165) is 6.08 Å². The molecule has 2 fully saturated rings. The molecule has 0 aliphatic carbocycles. The number of carbonyl (C=O) groups is 3. The highest BCUT2D eigenvalue weighted by Crippen LogP contribution is 2.59. The minimum Gasteiger partial charge on any atom is -0.484 e. The van der Waals surface area contributed by atoms with Gasteiger partial charge in [0.05, 0.1) is 12.8 Å². The zero-order valence-corrected chi connectivity index (χ0v) is 17.9. The fourth-order valence-corrected chi connectivity index (χ4v) is 5.44. The van der Waals surface area contributed by atoms with Gasteiger partial charge in [0.1, 0.15) is 17.2 Å². The molecule has 0 radical (unpaired) electrons. The number of carboxylic acid groups (broad SMARTS) is 1. The minimum atomic E-state index is -1.39. The van der Waals surface area contributed by atoms with Gasteiger partial charge in [-0.05, 0) is 26.0 Å². The first kappa shape index (κ1) is 22.0. The van der Waals surface area contributed by atoms with Crippen LogP contribution in [0.25, 0.3) is 0 Å². The highest BCUT2D eigenvalue weighted by Gasteiger charge is 2.70. The zero-order valence-electron chi connectivity index (χ0n) is 17.1. The first-order valence-electron chi connectivity index (χ1n) is 9.19. The molecule has 0 unspecified atom stereocenters. The van der Waals surface area contributed by atoms with Crippen molar-refractivity contribution in [2.24, 2.45) is 0 Å². The number of para-hydroxylation sites is 1. The van der Waals surface area contributed by atoms with Crippen molar-refractivity contribution >= 4 is 29.6 Å². The Kier molecular flexibility index (Phi) is 6.00. The van der Waals surface area contributed by atoms with Crippen LogP contribution in [0.15, 0.2) is 42.1 Å². The van der Waals surface area contributed by atoms with Gasteiger partial charge in [0.25, 0.3) is 5.91 Å².